The van der Waals surface area contributed by atoms with Crippen molar-refractivity contribution in [1.82, 2.24) is 0 Å². The minimum Gasteiger partial charge on any atom is -0.333 e. The zero-order chi connectivity index (χ0) is 20.2. The van der Waals surface area contributed by atoms with Gasteiger partial charge >= 0.3 is 19.5 Å². The first-order chi connectivity index (χ1) is 10.7. The van der Waals surface area contributed by atoms with E-state index in [9.17, 15) is 28.8 Å². The Labute approximate surface area is 175 Å². The van der Waals surface area contributed by atoms with E-state index in [4.69, 9.17) is 34.8 Å². The first-order valence-electron chi connectivity index (χ1n) is 6.29. The van der Waals surface area contributed by atoms with E-state index in [0.717, 1.165) is 0 Å². The minimum atomic E-state index is -0.376. The number of rotatable bonds is 6. The molecule has 1 radical (unpaired) electrons. The van der Waals surface area contributed by atoms with E-state index in [1.165, 1.54) is 41.5 Å². The van der Waals surface area contributed by atoms with Gasteiger partial charge in [-0.25, -0.2) is 0 Å². The van der Waals surface area contributed by atoms with Crippen LogP contribution in [0, 0.1) is 16.1 Å². The number of carbonyl (C=O) groups excluding carboxylic acids is 6. The Balaban J connectivity index is -0.000000130. The van der Waals surface area contributed by atoms with E-state index in [1.807, 2.05) is 0 Å². The molecule has 0 saturated heterocycles. The van der Waals surface area contributed by atoms with Crippen molar-refractivity contribution in [1.29, 1.82) is 0 Å². The van der Waals surface area contributed by atoms with Crippen LogP contribution in [0.25, 0.3) is 0 Å². The van der Waals surface area contributed by atoms with Crippen LogP contribution in [-0.2, 0) is 48.2 Å². The first kappa shape index (κ1) is 31.9. The Morgan fingerprint density at radius 2 is 0.520 bits per heavy atom. The normalized spacial score (nSPS) is 8.04. The molecule has 0 aromatic rings. The van der Waals surface area contributed by atoms with Crippen LogP contribution in [-0.4, -0.2) is 34.7 Å². The van der Waals surface area contributed by atoms with Crippen molar-refractivity contribution in [3.63, 3.8) is 0 Å². The summed E-state index contributed by atoms with van der Waals surface area (Å²) in [5.74, 6) is -2.25. The second-order valence-electron chi connectivity index (χ2n) is 4.28. The van der Waals surface area contributed by atoms with E-state index in [2.05, 4.69) is 0 Å². The average Bonchev–Trinajstić information content (AvgIpc) is 2.45. The van der Waals surface area contributed by atoms with Crippen molar-refractivity contribution in [3.8, 4) is 0 Å². The monoisotopic (exact) mass is 501 g/mol. The van der Waals surface area contributed by atoms with Gasteiger partial charge in [0.25, 0.3) is 0 Å². The number of Topliss-reactive ketones (excluding diaryl/α,β-unsaturated/α-hetero) is 6. The first-order valence-corrected chi connectivity index (χ1v) is 7.43. The average molecular weight is 502 g/mol. The van der Waals surface area contributed by atoms with Crippen LogP contribution in [0.2, 0.25) is 0 Å². The van der Waals surface area contributed by atoms with Gasteiger partial charge in [-0.2, -0.15) is 16.1 Å². The molecule has 0 aliphatic rings. The molecule has 0 aliphatic carbocycles. The molecule has 0 atom stereocenters. The van der Waals surface area contributed by atoms with Crippen molar-refractivity contribution < 1.29 is 48.2 Å². The summed E-state index contributed by atoms with van der Waals surface area (Å²) in [5.41, 5.74) is 0. The third-order valence-electron chi connectivity index (χ3n) is 1.85. The Morgan fingerprint density at radius 3 is 0.520 bits per heavy atom. The standard InChI is InChI=1S/3C5H6ClO2.Ru/c3*1-3(7)5(6)4(2)8;/h3*1-2H3;/q3*-1;+3. The quantitative estimate of drug-likeness (QED) is 0.315. The smallest absolute Gasteiger partial charge is 0.333 e. The molecule has 0 heterocycles. The second-order valence-corrected chi connectivity index (χ2v) is 5.41. The largest absolute Gasteiger partial charge is 3.00 e. The molecule has 0 aromatic heterocycles. The molecule has 0 bridgehead atoms. The summed E-state index contributed by atoms with van der Waals surface area (Å²) < 4.78 is 0. The summed E-state index contributed by atoms with van der Waals surface area (Å²) in [4.78, 5) is 61.2. The van der Waals surface area contributed by atoms with E-state index < -0.39 is 0 Å². The summed E-state index contributed by atoms with van der Waals surface area (Å²) >= 11 is 15.5. The fourth-order valence-electron chi connectivity index (χ4n) is 0.744. The number of halogens is 3. The van der Waals surface area contributed by atoms with E-state index >= 15 is 0 Å². The maximum atomic E-state index is 10.2. The van der Waals surface area contributed by atoms with Gasteiger partial charge in [0.15, 0.2) is 0 Å². The summed E-state index contributed by atoms with van der Waals surface area (Å²) in [6, 6.07) is 0. The van der Waals surface area contributed by atoms with Crippen molar-refractivity contribution in [3.05, 3.63) is 16.1 Å². The molecule has 10 heteroatoms. The number of ketones is 6. The number of carbonyl (C=O) groups is 6. The van der Waals surface area contributed by atoms with Gasteiger partial charge < -0.3 is 63.6 Å². The third-order valence-corrected chi connectivity index (χ3v) is 3.45. The van der Waals surface area contributed by atoms with Gasteiger partial charge in [-0.05, 0) is 41.5 Å². The molecule has 0 N–H and O–H groups in total. The Kier molecular flexibility index (Phi) is 21.1. The summed E-state index contributed by atoms with van der Waals surface area (Å²) in [6.07, 6.45) is 0. The Bertz CT molecular complexity index is 394. The van der Waals surface area contributed by atoms with E-state index in [1.54, 1.807) is 0 Å². The molecule has 0 aromatic carbocycles. The number of hydrogen-bond acceptors (Lipinski definition) is 6. The Morgan fingerprint density at radius 1 is 0.440 bits per heavy atom. The van der Waals surface area contributed by atoms with Crippen LogP contribution in [0.1, 0.15) is 41.5 Å². The maximum Gasteiger partial charge on any atom is 3.00 e. The van der Waals surface area contributed by atoms with Gasteiger partial charge in [0, 0.05) is 34.7 Å². The molecule has 0 unspecified atom stereocenters. The number of hydrogen-bond donors (Lipinski definition) is 0. The molecule has 25 heavy (non-hydrogen) atoms. The predicted octanol–water partition coefficient (Wildman–Crippen LogP) is 2.80. The van der Waals surface area contributed by atoms with Gasteiger partial charge in [0.1, 0.15) is 0 Å². The van der Waals surface area contributed by atoms with Gasteiger partial charge in [-0.15, -0.1) is 0 Å². The van der Waals surface area contributed by atoms with Crippen molar-refractivity contribution in [2.24, 2.45) is 0 Å². The zero-order valence-corrected chi connectivity index (χ0v) is 18.4. The predicted molar refractivity (Wildman–Crippen MR) is 91.4 cm³/mol. The molecule has 143 valence electrons. The van der Waals surface area contributed by atoms with E-state index in [-0.39, 0.29) is 70.3 Å². The molecule has 0 saturated carbocycles. The molecule has 6 nitrogen and oxygen atoms in total. The third kappa shape index (κ3) is 19.3. The molecular weight excluding hydrogens is 484 g/mol. The van der Waals surface area contributed by atoms with Crippen molar-refractivity contribution in [2.45, 2.75) is 41.5 Å². The molecule has 0 rings (SSSR count). The van der Waals surface area contributed by atoms with Crippen LogP contribution < -0.4 is 0 Å². The second kappa shape index (κ2) is 16.6. The Hall–Kier alpha value is -0.877. The van der Waals surface area contributed by atoms with Gasteiger partial charge in [-0.3, -0.25) is 0 Å². The fraction of sp³-hybridized carbons (Fsp3) is 0.400. The molecule has 0 amide bonds. The molecule has 0 fully saturated rings. The molecule has 0 aliphatic heterocycles. The van der Waals surface area contributed by atoms with Gasteiger partial charge in [0.2, 0.25) is 0 Å². The van der Waals surface area contributed by atoms with Crippen molar-refractivity contribution >= 4 is 69.5 Å². The van der Waals surface area contributed by atoms with Gasteiger partial charge in [0.05, 0.1) is 0 Å². The zero-order valence-electron chi connectivity index (χ0n) is 14.4. The van der Waals surface area contributed by atoms with Crippen LogP contribution in [0.3, 0.4) is 0 Å². The fourth-order valence-corrected chi connectivity index (χ4v) is 0.744. The summed E-state index contributed by atoms with van der Waals surface area (Å²) in [6.45, 7) is 7.52. The minimum absolute atomic E-state index is 0. The maximum absolute atomic E-state index is 10.2. The van der Waals surface area contributed by atoms with Gasteiger partial charge in [-0.1, -0.05) is 0 Å². The van der Waals surface area contributed by atoms with Crippen LogP contribution in [0.5, 0.6) is 0 Å². The van der Waals surface area contributed by atoms with Crippen molar-refractivity contribution in [2.75, 3.05) is 0 Å². The van der Waals surface area contributed by atoms with Crippen LogP contribution in [0.15, 0.2) is 0 Å². The topological polar surface area (TPSA) is 102 Å². The molecular formula is C15H18Cl3O6Ru. The van der Waals surface area contributed by atoms with E-state index in [0.29, 0.717) is 0 Å². The summed E-state index contributed by atoms with van der Waals surface area (Å²) in [5, 5.41) is -0.611. The van der Waals surface area contributed by atoms with Crippen LogP contribution in [0.4, 0.5) is 0 Å². The van der Waals surface area contributed by atoms with Crippen LogP contribution >= 0.6 is 34.8 Å². The SMILES string of the molecule is CC(=O)[C-](Cl)C(C)=O.CC(=O)[C-](Cl)C(C)=O.CC(=O)[C-](Cl)C(C)=O.[Ru+3]. The summed E-state index contributed by atoms with van der Waals surface area (Å²) in [7, 11) is 0. The molecule has 0 spiro atoms.